The number of pyridine rings is 1. The molecule has 1 aliphatic heterocycles. The predicted octanol–water partition coefficient (Wildman–Crippen LogP) is 2.99. The summed E-state index contributed by atoms with van der Waals surface area (Å²) < 4.78 is 33.7. The number of aliphatic carboxylic acids is 1. The Morgan fingerprint density at radius 2 is 1.78 bits per heavy atom. The number of nitrogens with one attached hydrogen (secondary N) is 1. The van der Waals surface area contributed by atoms with Crippen LogP contribution in [-0.4, -0.2) is 80.3 Å². The number of halogens is 3. The third-order valence-electron chi connectivity index (χ3n) is 5.63. The van der Waals surface area contributed by atoms with Crippen molar-refractivity contribution in [1.82, 2.24) is 29.7 Å². The number of aromatic nitrogens is 3. The molecule has 0 bridgehead atoms. The van der Waals surface area contributed by atoms with E-state index in [9.17, 15) is 18.0 Å². The molecule has 1 unspecified atom stereocenters. The van der Waals surface area contributed by atoms with Crippen molar-refractivity contribution in [3.63, 3.8) is 0 Å². The molecule has 1 fully saturated rings. The number of likely N-dealkylation sites (N-methyl/N-ethyl adjacent to an activating group) is 1. The van der Waals surface area contributed by atoms with Crippen LogP contribution < -0.4 is 5.32 Å². The first-order chi connectivity index (χ1) is 17.0. The van der Waals surface area contributed by atoms with Crippen molar-refractivity contribution >= 4 is 17.5 Å². The number of benzene rings is 1. The maximum Gasteiger partial charge on any atom is 0.490 e. The Kier molecular flexibility index (Phi) is 8.64. The quantitative estimate of drug-likeness (QED) is 0.549. The van der Waals surface area contributed by atoms with Gasteiger partial charge in [-0.25, -0.2) is 4.79 Å². The zero-order valence-corrected chi connectivity index (χ0v) is 20.2. The minimum absolute atomic E-state index is 0.0794. The van der Waals surface area contributed by atoms with Crippen LogP contribution in [0, 0.1) is 0 Å². The number of hydrogen-bond acceptors (Lipinski definition) is 6. The van der Waals surface area contributed by atoms with E-state index in [4.69, 9.17) is 9.90 Å². The van der Waals surface area contributed by atoms with Gasteiger partial charge in [0.1, 0.15) is 0 Å². The van der Waals surface area contributed by atoms with Crippen molar-refractivity contribution in [2.24, 2.45) is 0 Å². The van der Waals surface area contributed by atoms with Crippen LogP contribution in [0.2, 0.25) is 0 Å². The highest BCUT2D eigenvalue weighted by Gasteiger charge is 2.38. The number of carbonyl (C=O) groups is 2. The van der Waals surface area contributed by atoms with Crippen LogP contribution in [0.3, 0.4) is 0 Å². The first-order valence-corrected chi connectivity index (χ1v) is 11.4. The molecule has 36 heavy (non-hydrogen) atoms. The van der Waals surface area contributed by atoms with Crippen LogP contribution in [0.15, 0.2) is 48.7 Å². The summed E-state index contributed by atoms with van der Waals surface area (Å²) in [6.07, 6.45) is -3.23. The molecule has 2 N–H and O–H groups in total. The fourth-order valence-corrected chi connectivity index (χ4v) is 3.81. The highest BCUT2D eigenvalue weighted by atomic mass is 19.4. The molecule has 0 saturated carbocycles. The van der Waals surface area contributed by atoms with Gasteiger partial charge in [-0.15, -0.1) is 10.2 Å². The van der Waals surface area contributed by atoms with Crippen molar-refractivity contribution < 1.29 is 27.9 Å². The topological polar surface area (TPSA) is 103 Å². The molecule has 0 aliphatic carbocycles. The number of carboxylic acid groups (broad SMARTS) is 1. The van der Waals surface area contributed by atoms with Crippen molar-refractivity contribution in [2.45, 2.75) is 38.7 Å². The molecule has 12 heteroatoms. The van der Waals surface area contributed by atoms with E-state index in [0.29, 0.717) is 5.56 Å². The molecule has 9 nitrogen and oxygen atoms in total. The van der Waals surface area contributed by atoms with E-state index in [-0.39, 0.29) is 18.0 Å². The first kappa shape index (κ1) is 27.1. The number of carboxylic acids is 1. The Bertz CT molecular complexity index is 1180. The van der Waals surface area contributed by atoms with Gasteiger partial charge in [-0.05, 0) is 38.6 Å². The Balaban J connectivity index is 0.000000454. The van der Waals surface area contributed by atoms with Crippen molar-refractivity contribution in [1.29, 1.82) is 0 Å². The maximum atomic E-state index is 12.4. The first-order valence-electron chi connectivity index (χ1n) is 11.4. The summed E-state index contributed by atoms with van der Waals surface area (Å²) >= 11 is 0. The number of nitrogens with zero attached hydrogens (tertiary/aromatic N) is 5. The molecule has 3 aromatic rings. The number of fused-ring (bicyclic) bond motifs is 1. The molecular formula is C24H29F3N6O3. The number of rotatable bonds is 5. The monoisotopic (exact) mass is 506 g/mol. The molecule has 1 amide bonds. The minimum Gasteiger partial charge on any atom is -0.475 e. The van der Waals surface area contributed by atoms with Gasteiger partial charge in [0.15, 0.2) is 11.5 Å². The molecule has 3 heterocycles. The van der Waals surface area contributed by atoms with E-state index in [1.54, 1.807) is 6.07 Å². The zero-order valence-electron chi connectivity index (χ0n) is 20.2. The summed E-state index contributed by atoms with van der Waals surface area (Å²) in [6, 6.07) is 14.4. The molecule has 2 aromatic heterocycles. The number of piperazine rings is 1. The largest absolute Gasteiger partial charge is 0.490 e. The standard InChI is InChI=1S/C22H28N6O.C2HF3O2/c1-16(2)23-22(29)18-9-10-20-24-25-21(28(20)14-18)19-15-27(12-11-26(19)3)13-17-7-5-4-6-8-17;3-2(4,5)1(6)7/h4-10,14,16,19H,11-13,15H2,1-3H3,(H,23,29);(H,6,7). The highest BCUT2D eigenvalue weighted by Crippen LogP contribution is 2.24. The lowest BCUT2D eigenvalue weighted by Crippen LogP contribution is -2.46. The van der Waals surface area contributed by atoms with Gasteiger partial charge in [-0.3, -0.25) is 19.0 Å². The number of amides is 1. The molecule has 0 spiro atoms. The number of hydrogen-bond donors (Lipinski definition) is 2. The van der Waals surface area contributed by atoms with Gasteiger partial charge in [-0.1, -0.05) is 30.3 Å². The van der Waals surface area contributed by atoms with E-state index in [0.717, 1.165) is 37.7 Å². The summed E-state index contributed by atoms with van der Waals surface area (Å²) in [5.41, 5.74) is 2.69. The lowest BCUT2D eigenvalue weighted by atomic mass is 10.1. The summed E-state index contributed by atoms with van der Waals surface area (Å²) in [5.74, 6) is -1.96. The van der Waals surface area contributed by atoms with Crippen LogP contribution in [-0.2, 0) is 11.3 Å². The summed E-state index contributed by atoms with van der Waals surface area (Å²) in [5, 5.41) is 18.9. The van der Waals surface area contributed by atoms with Gasteiger partial charge < -0.3 is 10.4 Å². The van der Waals surface area contributed by atoms with E-state index in [2.05, 4.69) is 56.6 Å². The van der Waals surface area contributed by atoms with E-state index < -0.39 is 12.1 Å². The van der Waals surface area contributed by atoms with Crippen molar-refractivity contribution in [3.05, 3.63) is 65.6 Å². The zero-order chi connectivity index (χ0) is 26.5. The van der Waals surface area contributed by atoms with Crippen LogP contribution in [0.4, 0.5) is 13.2 Å². The second kappa shape index (κ2) is 11.5. The molecule has 0 radical (unpaired) electrons. The van der Waals surface area contributed by atoms with Crippen LogP contribution >= 0.6 is 0 Å². The molecule has 1 aromatic carbocycles. The van der Waals surface area contributed by atoms with Gasteiger partial charge in [0, 0.05) is 38.4 Å². The molecule has 1 saturated heterocycles. The van der Waals surface area contributed by atoms with Gasteiger partial charge in [0.25, 0.3) is 5.91 Å². The van der Waals surface area contributed by atoms with Crippen LogP contribution in [0.5, 0.6) is 0 Å². The van der Waals surface area contributed by atoms with E-state index >= 15 is 0 Å². The number of carbonyl (C=O) groups excluding carboxylic acids is 1. The normalized spacial score (nSPS) is 17.0. The van der Waals surface area contributed by atoms with Crippen LogP contribution in [0.25, 0.3) is 5.65 Å². The van der Waals surface area contributed by atoms with Gasteiger partial charge in [-0.2, -0.15) is 13.2 Å². The van der Waals surface area contributed by atoms with Gasteiger partial charge >= 0.3 is 12.1 Å². The number of alkyl halides is 3. The smallest absolute Gasteiger partial charge is 0.475 e. The average molecular weight is 507 g/mol. The van der Waals surface area contributed by atoms with E-state index in [1.165, 1.54) is 5.56 Å². The van der Waals surface area contributed by atoms with Crippen LogP contribution in [0.1, 0.15) is 41.6 Å². The predicted molar refractivity (Wildman–Crippen MR) is 126 cm³/mol. The second-order valence-corrected chi connectivity index (χ2v) is 8.85. The molecular weight excluding hydrogens is 477 g/mol. The fraction of sp³-hybridized carbons (Fsp3) is 0.417. The van der Waals surface area contributed by atoms with Gasteiger partial charge in [0.05, 0.1) is 11.6 Å². The molecule has 194 valence electrons. The third kappa shape index (κ3) is 7.01. The van der Waals surface area contributed by atoms with E-state index in [1.807, 2.05) is 36.6 Å². The Morgan fingerprint density at radius 1 is 1.11 bits per heavy atom. The SMILES string of the molecule is CC(C)NC(=O)c1ccc2nnc(C3CN(Cc4ccccc4)CCN3C)n2c1.O=C(O)C(F)(F)F. The Hall–Kier alpha value is -3.51. The molecule has 1 aliphatic rings. The van der Waals surface area contributed by atoms with Gasteiger partial charge in [0.2, 0.25) is 0 Å². The maximum absolute atomic E-state index is 12.4. The molecule has 4 rings (SSSR count). The van der Waals surface area contributed by atoms with Crippen molar-refractivity contribution in [2.75, 3.05) is 26.7 Å². The summed E-state index contributed by atoms with van der Waals surface area (Å²) in [4.78, 5) is 26.1. The lowest BCUT2D eigenvalue weighted by Gasteiger charge is -2.38. The Labute approximate surface area is 206 Å². The Morgan fingerprint density at radius 3 is 2.39 bits per heavy atom. The molecule has 1 atom stereocenters. The third-order valence-corrected chi connectivity index (χ3v) is 5.63. The average Bonchev–Trinajstić information content (AvgIpc) is 3.23. The minimum atomic E-state index is -5.08. The lowest BCUT2D eigenvalue weighted by molar-refractivity contribution is -0.192. The second-order valence-electron chi connectivity index (χ2n) is 8.85. The fourth-order valence-electron chi connectivity index (χ4n) is 3.81. The highest BCUT2D eigenvalue weighted by molar-refractivity contribution is 5.94. The van der Waals surface area contributed by atoms with Crippen molar-refractivity contribution in [3.8, 4) is 0 Å². The summed E-state index contributed by atoms with van der Waals surface area (Å²) in [6.45, 7) is 7.68. The summed E-state index contributed by atoms with van der Waals surface area (Å²) in [7, 11) is 2.13.